The zero-order chi connectivity index (χ0) is 20.4. The van der Waals surface area contributed by atoms with Gasteiger partial charge in [0.25, 0.3) is 0 Å². The number of phenols is 1. The molecule has 2 N–H and O–H groups in total. The van der Waals surface area contributed by atoms with Crippen molar-refractivity contribution >= 4 is 34.8 Å². The zero-order valence-electron chi connectivity index (χ0n) is 14.6. The van der Waals surface area contributed by atoms with Gasteiger partial charge in [-0.1, -0.05) is 34.8 Å². The molecular weight excluding hydrogens is 437 g/mol. The molecule has 146 valence electrons. The minimum atomic E-state index is -0.0288. The molecule has 7 nitrogen and oxygen atoms in total. The third-order valence-corrected chi connectivity index (χ3v) is 4.64. The molecule has 4 rings (SSSR count). The largest absolute Gasteiger partial charge is 0.507 e. The second-order valence-electron chi connectivity index (χ2n) is 5.92. The lowest BCUT2D eigenvalue weighted by atomic mass is 10.1. The molecule has 0 fully saturated rings. The predicted octanol–water partition coefficient (Wildman–Crippen LogP) is 5.17. The van der Waals surface area contributed by atoms with Crippen molar-refractivity contribution < 1.29 is 9.84 Å². The summed E-state index contributed by atoms with van der Waals surface area (Å²) in [6.07, 6.45) is 4.54. The Bertz CT molecular complexity index is 1150. The van der Waals surface area contributed by atoms with Crippen LogP contribution in [0.25, 0.3) is 22.6 Å². The summed E-state index contributed by atoms with van der Waals surface area (Å²) >= 11 is 17.8. The third kappa shape index (κ3) is 4.42. The van der Waals surface area contributed by atoms with Crippen molar-refractivity contribution in [3.8, 4) is 34.1 Å². The highest BCUT2D eigenvalue weighted by Crippen LogP contribution is 2.36. The molecule has 0 radical (unpaired) electrons. The molecule has 0 bridgehead atoms. The molecule has 0 unspecified atom stereocenters. The van der Waals surface area contributed by atoms with E-state index in [0.717, 1.165) is 0 Å². The Labute approximate surface area is 180 Å². The van der Waals surface area contributed by atoms with Crippen LogP contribution in [0.4, 0.5) is 0 Å². The molecule has 0 atom stereocenters. The number of benzene rings is 1. The first-order valence-corrected chi connectivity index (χ1v) is 9.43. The Morgan fingerprint density at radius 2 is 1.76 bits per heavy atom. The Kier molecular flexibility index (Phi) is 5.53. The average molecular weight is 449 g/mol. The maximum absolute atomic E-state index is 10.5. The van der Waals surface area contributed by atoms with Crippen molar-refractivity contribution in [1.29, 1.82) is 0 Å². The van der Waals surface area contributed by atoms with Crippen LogP contribution in [0.3, 0.4) is 0 Å². The lowest BCUT2D eigenvalue weighted by molar-refractivity contribution is 0.299. The summed E-state index contributed by atoms with van der Waals surface area (Å²) in [7, 11) is 0. The molecule has 0 aliphatic heterocycles. The first-order chi connectivity index (χ1) is 14.0. The number of nitrogens with one attached hydrogen (secondary N) is 1. The van der Waals surface area contributed by atoms with Crippen LogP contribution < -0.4 is 4.74 Å². The number of H-pyrrole nitrogens is 1. The van der Waals surface area contributed by atoms with Gasteiger partial charge in [-0.3, -0.25) is 4.98 Å². The van der Waals surface area contributed by atoms with Crippen LogP contribution in [0, 0.1) is 0 Å². The van der Waals surface area contributed by atoms with E-state index in [1.54, 1.807) is 30.5 Å². The van der Waals surface area contributed by atoms with E-state index < -0.39 is 0 Å². The van der Waals surface area contributed by atoms with Gasteiger partial charge in [-0.2, -0.15) is 0 Å². The molecule has 3 aromatic heterocycles. The molecule has 0 aliphatic rings. The zero-order valence-corrected chi connectivity index (χ0v) is 16.9. The standard InChI is InChI=1S/C19H12Cl3N5O2/c20-15-4-1-10(6-24-15)19-26-17(18(22)27-19)13-3-2-12(5-14(13)28)29-9-11-7-25-16(21)8-23-11/h1-8,28H,9H2,(H,26,27). The average Bonchev–Trinajstić information content (AvgIpc) is 3.09. The lowest BCUT2D eigenvalue weighted by Gasteiger charge is -2.08. The van der Waals surface area contributed by atoms with Gasteiger partial charge in [-0.25, -0.2) is 15.0 Å². The minimum Gasteiger partial charge on any atom is -0.507 e. The van der Waals surface area contributed by atoms with E-state index in [1.165, 1.54) is 18.5 Å². The number of rotatable bonds is 5. The monoisotopic (exact) mass is 447 g/mol. The normalized spacial score (nSPS) is 10.9. The van der Waals surface area contributed by atoms with Crippen LogP contribution in [0.15, 0.2) is 48.9 Å². The van der Waals surface area contributed by atoms with Gasteiger partial charge in [0.05, 0.1) is 18.1 Å². The van der Waals surface area contributed by atoms with Crippen molar-refractivity contribution in [3.63, 3.8) is 0 Å². The van der Waals surface area contributed by atoms with E-state index in [1.807, 2.05) is 0 Å². The fraction of sp³-hybridized carbons (Fsp3) is 0.0526. The van der Waals surface area contributed by atoms with Crippen molar-refractivity contribution in [3.05, 3.63) is 70.1 Å². The van der Waals surface area contributed by atoms with Gasteiger partial charge < -0.3 is 14.8 Å². The molecule has 0 saturated heterocycles. The number of aromatic nitrogens is 5. The summed E-state index contributed by atoms with van der Waals surface area (Å²) in [6.45, 7) is 0.180. The van der Waals surface area contributed by atoms with Crippen LogP contribution >= 0.6 is 34.8 Å². The smallest absolute Gasteiger partial charge is 0.147 e. The van der Waals surface area contributed by atoms with E-state index in [2.05, 4.69) is 24.9 Å². The summed E-state index contributed by atoms with van der Waals surface area (Å²) in [5, 5.41) is 11.4. The van der Waals surface area contributed by atoms with Crippen molar-refractivity contribution in [1.82, 2.24) is 24.9 Å². The molecule has 0 amide bonds. The first kappa shape index (κ1) is 19.4. The van der Waals surface area contributed by atoms with E-state index >= 15 is 0 Å². The van der Waals surface area contributed by atoms with Crippen molar-refractivity contribution in [2.24, 2.45) is 0 Å². The molecule has 0 aliphatic carbocycles. The lowest BCUT2D eigenvalue weighted by Crippen LogP contribution is -1.99. The number of pyridine rings is 1. The molecule has 0 saturated carbocycles. The Balaban J connectivity index is 1.55. The number of halogens is 3. The highest BCUT2D eigenvalue weighted by atomic mass is 35.5. The van der Waals surface area contributed by atoms with E-state index in [-0.39, 0.29) is 17.5 Å². The third-order valence-electron chi connectivity index (χ3n) is 3.95. The summed E-state index contributed by atoms with van der Waals surface area (Å²) in [6, 6.07) is 8.27. The van der Waals surface area contributed by atoms with Crippen LogP contribution in [0.2, 0.25) is 15.5 Å². The van der Waals surface area contributed by atoms with Gasteiger partial charge in [-0.05, 0) is 24.3 Å². The SMILES string of the molecule is Oc1cc(OCc2cnc(Cl)cn2)ccc1-c1nc(-c2ccc(Cl)nc2)[nH]c1Cl. The number of aromatic amines is 1. The number of ether oxygens (including phenoxy) is 1. The van der Waals surface area contributed by atoms with Crippen LogP contribution in [-0.2, 0) is 6.61 Å². The number of nitrogens with zero attached hydrogens (tertiary/aromatic N) is 4. The maximum atomic E-state index is 10.5. The molecule has 3 heterocycles. The van der Waals surface area contributed by atoms with Gasteiger partial charge in [-0.15, -0.1) is 0 Å². The highest BCUT2D eigenvalue weighted by molar-refractivity contribution is 6.32. The number of aromatic hydroxyl groups is 1. The van der Waals surface area contributed by atoms with Crippen LogP contribution in [-0.4, -0.2) is 30.0 Å². The van der Waals surface area contributed by atoms with Crippen LogP contribution in [0.5, 0.6) is 11.5 Å². The highest BCUT2D eigenvalue weighted by Gasteiger charge is 2.16. The number of hydrogen-bond acceptors (Lipinski definition) is 6. The van der Waals surface area contributed by atoms with E-state index in [9.17, 15) is 5.11 Å². The van der Waals surface area contributed by atoms with Crippen LogP contribution in [0.1, 0.15) is 5.69 Å². The maximum Gasteiger partial charge on any atom is 0.147 e. The second kappa shape index (κ2) is 8.24. The molecule has 29 heavy (non-hydrogen) atoms. The van der Waals surface area contributed by atoms with E-state index in [0.29, 0.717) is 44.4 Å². The van der Waals surface area contributed by atoms with Gasteiger partial charge in [0.15, 0.2) is 0 Å². The number of imidazole rings is 1. The molecule has 4 aromatic rings. The summed E-state index contributed by atoms with van der Waals surface area (Å²) in [5.41, 5.74) is 2.18. The Hall–Kier alpha value is -2.87. The second-order valence-corrected chi connectivity index (χ2v) is 7.07. The fourth-order valence-electron chi connectivity index (χ4n) is 2.56. The Morgan fingerprint density at radius 1 is 0.931 bits per heavy atom. The van der Waals surface area contributed by atoms with Gasteiger partial charge in [0.1, 0.15) is 45.1 Å². The minimum absolute atomic E-state index is 0.0288. The van der Waals surface area contributed by atoms with E-state index in [4.69, 9.17) is 39.5 Å². The first-order valence-electron chi connectivity index (χ1n) is 8.29. The molecule has 10 heteroatoms. The molecule has 0 spiro atoms. The summed E-state index contributed by atoms with van der Waals surface area (Å²) in [5.74, 6) is 0.936. The predicted molar refractivity (Wildman–Crippen MR) is 110 cm³/mol. The topological polar surface area (TPSA) is 96.8 Å². The van der Waals surface area contributed by atoms with Gasteiger partial charge in [0.2, 0.25) is 0 Å². The fourth-order valence-corrected chi connectivity index (χ4v) is 3.00. The summed E-state index contributed by atoms with van der Waals surface area (Å²) in [4.78, 5) is 19.5. The number of hydrogen-bond donors (Lipinski definition) is 2. The summed E-state index contributed by atoms with van der Waals surface area (Å²) < 4.78 is 5.63. The molecular formula is C19H12Cl3N5O2. The Morgan fingerprint density at radius 3 is 2.45 bits per heavy atom. The van der Waals surface area contributed by atoms with Crippen molar-refractivity contribution in [2.75, 3.05) is 0 Å². The van der Waals surface area contributed by atoms with Gasteiger partial charge in [0, 0.05) is 23.4 Å². The van der Waals surface area contributed by atoms with Gasteiger partial charge >= 0.3 is 0 Å². The number of phenolic OH excluding ortho intramolecular Hbond substituents is 1. The quantitative estimate of drug-likeness (QED) is 0.409. The molecule has 1 aromatic carbocycles. The van der Waals surface area contributed by atoms with Crippen molar-refractivity contribution in [2.45, 2.75) is 6.61 Å².